The van der Waals surface area contributed by atoms with E-state index in [1.54, 1.807) is 29.9 Å². The fraction of sp³-hybridized carbons (Fsp3) is 0.462. The van der Waals surface area contributed by atoms with Crippen LogP contribution in [0.1, 0.15) is 33.7 Å². The summed E-state index contributed by atoms with van der Waals surface area (Å²) in [5.41, 5.74) is 0. The van der Waals surface area contributed by atoms with E-state index in [-0.39, 0.29) is 11.9 Å². The van der Waals surface area contributed by atoms with Gasteiger partial charge in [-0.1, -0.05) is 6.08 Å². The fourth-order valence-corrected chi connectivity index (χ4v) is 1.46. The Labute approximate surface area is 112 Å². The molecule has 0 aliphatic heterocycles. The standard InChI is InChI=1S/C13H19N3O3/c1-5-6-12(17)19-10(4)13(18)15-11-7-8-14-16(11)9(2)3/h5-10H,1-4H3,(H,15,18)/b6-5+/t10-/m1/s1. The van der Waals surface area contributed by atoms with Crippen LogP contribution in [0.4, 0.5) is 5.82 Å². The molecule has 0 aliphatic rings. The minimum atomic E-state index is -0.862. The highest BCUT2D eigenvalue weighted by Gasteiger charge is 2.18. The van der Waals surface area contributed by atoms with Crippen LogP contribution in [0.25, 0.3) is 0 Å². The number of nitrogens with one attached hydrogen (secondary N) is 1. The third-order valence-corrected chi connectivity index (χ3v) is 2.38. The first-order valence-electron chi connectivity index (χ1n) is 6.13. The molecule has 1 aromatic rings. The minimum absolute atomic E-state index is 0.131. The second kappa shape index (κ2) is 6.72. The highest BCUT2D eigenvalue weighted by molar-refractivity contribution is 5.95. The SMILES string of the molecule is C/C=C/C(=O)O[C@H](C)C(=O)Nc1ccnn1C(C)C. The molecule has 1 amide bonds. The van der Waals surface area contributed by atoms with E-state index in [4.69, 9.17) is 4.74 Å². The van der Waals surface area contributed by atoms with Gasteiger partial charge in [-0.2, -0.15) is 5.10 Å². The van der Waals surface area contributed by atoms with Crippen molar-refractivity contribution in [1.82, 2.24) is 9.78 Å². The third kappa shape index (κ3) is 4.24. The van der Waals surface area contributed by atoms with Gasteiger partial charge in [0.05, 0.1) is 6.20 Å². The van der Waals surface area contributed by atoms with Gasteiger partial charge in [0.15, 0.2) is 6.10 Å². The molecular formula is C13H19N3O3. The quantitative estimate of drug-likeness (QED) is 0.652. The summed E-state index contributed by atoms with van der Waals surface area (Å²) in [5, 5.41) is 6.78. The van der Waals surface area contributed by atoms with E-state index in [1.165, 1.54) is 13.0 Å². The zero-order valence-corrected chi connectivity index (χ0v) is 11.6. The van der Waals surface area contributed by atoms with Crippen LogP contribution in [0.15, 0.2) is 24.4 Å². The molecule has 1 N–H and O–H groups in total. The van der Waals surface area contributed by atoms with Gasteiger partial charge in [0, 0.05) is 18.2 Å². The summed E-state index contributed by atoms with van der Waals surface area (Å²) in [7, 11) is 0. The Bertz CT molecular complexity index is 477. The molecule has 1 rings (SSSR count). The van der Waals surface area contributed by atoms with Crippen molar-refractivity contribution >= 4 is 17.7 Å². The summed E-state index contributed by atoms with van der Waals surface area (Å²) >= 11 is 0. The molecule has 6 heteroatoms. The number of carbonyl (C=O) groups excluding carboxylic acids is 2. The highest BCUT2D eigenvalue weighted by atomic mass is 16.5. The van der Waals surface area contributed by atoms with Crippen LogP contribution in [-0.4, -0.2) is 27.8 Å². The Morgan fingerprint density at radius 2 is 2.11 bits per heavy atom. The average molecular weight is 265 g/mol. The second-order valence-corrected chi connectivity index (χ2v) is 4.32. The molecule has 0 bridgehead atoms. The van der Waals surface area contributed by atoms with Crippen molar-refractivity contribution in [3.05, 3.63) is 24.4 Å². The normalized spacial score (nSPS) is 12.7. The molecule has 0 saturated carbocycles. The van der Waals surface area contributed by atoms with E-state index in [2.05, 4.69) is 10.4 Å². The van der Waals surface area contributed by atoms with E-state index < -0.39 is 12.1 Å². The summed E-state index contributed by atoms with van der Waals surface area (Å²) in [6, 6.07) is 1.82. The summed E-state index contributed by atoms with van der Waals surface area (Å²) in [4.78, 5) is 23.1. The van der Waals surface area contributed by atoms with Gasteiger partial charge in [-0.15, -0.1) is 0 Å². The minimum Gasteiger partial charge on any atom is -0.449 e. The molecule has 104 valence electrons. The number of allylic oxidation sites excluding steroid dienone is 1. The summed E-state index contributed by atoms with van der Waals surface area (Å²) in [6.07, 6.45) is 3.56. The molecule has 1 heterocycles. The first kappa shape index (κ1) is 14.9. The summed E-state index contributed by atoms with van der Waals surface area (Å²) in [6.45, 7) is 7.14. The zero-order chi connectivity index (χ0) is 14.4. The average Bonchev–Trinajstić information content (AvgIpc) is 2.77. The number of aromatic nitrogens is 2. The van der Waals surface area contributed by atoms with Gasteiger partial charge in [-0.05, 0) is 27.7 Å². The first-order valence-corrected chi connectivity index (χ1v) is 6.13. The van der Waals surface area contributed by atoms with Gasteiger partial charge >= 0.3 is 5.97 Å². The van der Waals surface area contributed by atoms with Crippen molar-refractivity contribution in [1.29, 1.82) is 0 Å². The lowest BCUT2D eigenvalue weighted by molar-refractivity contribution is -0.148. The van der Waals surface area contributed by atoms with Gasteiger partial charge in [-0.25, -0.2) is 9.48 Å². The second-order valence-electron chi connectivity index (χ2n) is 4.32. The maximum absolute atomic E-state index is 11.9. The Morgan fingerprint density at radius 1 is 1.42 bits per heavy atom. The van der Waals surface area contributed by atoms with Crippen molar-refractivity contribution < 1.29 is 14.3 Å². The Morgan fingerprint density at radius 3 is 2.68 bits per heavy atom. The lowest BCUT2D eigenvalue weighted by atomic mass is 10.3. The number of nitrogens with zero attached hydrogens (tertiary/aromatic N) is 2. The topological polar surface area (TPSA) is 73.2 Å². The third-order valence-electron chi connectivity index (χ3n) is 2.38. The molecule has 0 fully saturated rings. The summed E-state index contributed by atoms with van der Waals surface area (Å²) < 4.78 is 6.61. The molecular weight excluding hydrogens is 246 g/mol. The summed E-state index contributed by atoms with van der Waals surface area (Å²) in [5.74, 6) is -0.350. The molecule has 0 radical (unpaired) electrons. The number of amides is 1. The largest absolute Gasteiger partial charge is 0.449 e. The number of rotatable bonds is 5. The van der Waals surface area contributed by atoms with Gasteiger partial charge in [-0.3, -0.25) is 4.79 Å². The fourth-order valence-electron chi connectivity index (χ4n) is 1.46. The van der Waals surface area contributed by atoms with Crippen molar-refractivity contribution in [2.24, 2.45) is 0 Å². The lowest BCUT2D eigenvalue weighted by Gasteiger charge is -2.15. The van der Waals surface area contributed by atoms with E-state index in [9.17, 15) is 9.59 Å². The number of anilines is 1. The van der Waals surface area contributed by atoms with Crippen LogP contribution in [0.5, 0.6) is 0 Å². The first-order chi connectivity index (χ1) is 8.95. The van der Waals surface area contributed by atoms with Gasteiger partial charge < -0.3 is 10.1 Å². The van der Waals surface area contributed by atoms with Crippen molar-refractivity contribution in [2.45, 2.75) is 39.8 Å². The van der Waals surface area contributed by atoms with Crippen LogP contribution < -0.4 is 5.32 Å². The number of hydrogen-bond acceptors (Lipinski definition) is 4. The molecule has 1 aromatic heterocycles. The van der Waals surface area contributed by atoms with Crippen LogP contribution in [-0.2, 0) is 14.3 Å². The van der Waals surface area contributed by atoms with Crippen LogP contribution >= 0.6 is 0 Å². The van der Waals surface area contributed by atoms with Crippen LogP contribution in [0, 0.1) is 0 Å². The molecule has 19 heavy (non-hydrogen) atoms. The van der Waals surface area contributed by atoms with E-state index >= 15 is 0 Å². The number of hydrogen-bond donors (Lipinski definition) is 1. The van der Waals surface area contributed by atoms with Gasteiger partial charge in [0.2, 0.25) is 0 Å². The van der Waals surface area contributed by atoms with Crippen molar-refractivity contribution in [3.63, 3.8) is 0 Å². The highest BCUT2D eigenvalue weighted by Crippen LogP contribution is 2.13. The van der Waals surface area contributed by atoms with E-state index in [0.717, 1.165) is 0 Å². The van der Waals surface area contributed by atoms with E-state index in [0.29, 0.717) is 5.82 Å². The molecule has 0 saturated heterocycles. The molecule has 0 aliphatic carbocycles. The van der Waals surface area contributed by atoms with Crippen molar-refractivity contribution in [3.8, 4) is 0 Å². The smallest absolute Gasteiger partial charge is 0.331 e. The maximum Gasteiger partial charge on any atom is 0.331 e. The predicted molar refractivity (Wildman–Crippen MR) is 71.6 cm³/mol. The predicted octanol–water partition coefficient (Wildman–Crippen LogP) is 1.91. The van der Waals surface area contributed by atoms with Crippen LogP contribution in [0.2, 0.25) is 0 Å². The van der Waals surface area contributed by atoms with Crippen molar-refractivity contribution in [2.75, 3.05) is 5.32 Å². The zero-order valence-electron chi connectivity index (χ0n) is 11.6. The lowest BCUT2D eigenvalue weighted by Crippen LogP contribution is -2.30. The van der Waals surface area contributed by atoms with Gasteiger partial charge in [0.1, 0.15) is 5.82 Å². The van der Waals surface area contributed by atoms with Gasteiger partial charge in [0.25, 0.3) is 5.91 Å². The molecule has 1 atom stereocenters. The number of ether oxygens (including phenoxy) is 1. The number of esters is 1. The molecule has 6 nitrogen and oxygen atoms in total. The Hall–Kier alpha value is -2.11. The molecule has 0 unspecified atom stereocenters. The Kier molecular flexibility index (Phi) is 5.29. The molecule has 0 spiro atoms. The van der Waals surface area contributed by atoms with E-state index in [1.807, 2.05) is 13.8 Å². The molecule has 0 aromatic carbocycles. The van der Waals surface area contributed by atoms with Crippen LogP contribution in [0.3, 0.4) is 0 Å². The maximum atomic E-state index is 11.9. The number of carbonyl (C=O) groups is 2. The monoisotopic (exact) mass is 265 g/mol. The Balaban J connectivity index is 2.64.